The molecule has 138 valence electrons. The molecule has 0 radical (unpaired) electrons. The van der Waals surface area contributed by atoms with Crippen molar-refractivity contribution in [1.82, 2.24) is 9.88 Å². The SMILES string of the molecule is COc1ccc([C@H](C)NC(=O)c2cn3c4c(cccc4c2=O)CCC3)cc1. The van der Waals surface area contributed by atoms with E-state index >= 15 is 0 Å². The lowest BCUT2D eigenvalue weighted by Gasteiger charge is -2.21. The van der Waals surface area contributed by atoms with E-state index in [1.165, 1.54) is 5.56 Å². The number of amides is 1. The third kappa shape index (κ3) is 3.10. The zero-order valence-corrected chi connectivity index (χ0v) is 15.5. The van der Waals surface area contributed by atoms with Crippen LogP contribution >= 0.6 is 0 Å². The Hall–Kier alpha value is -3.08. The summed E-state index contributed by atoms with van der Waals surface area (Å²) in [5.74, 6) is 0.421. The number of ether oxygens (including phenoxy) is 1. The topological polar surface area (TPSA) is 60.3 Å². The first kappa shape index (κ1) is 17.3. The summed E-state index contributed by atoms with van der Waals surface area (Å²) in [7, 11) is 1.62. The summed E-state index contributed by atoms with van der Waals surface area (Å²) in [4.78, 5) is 25.8. The van der Waals surface area contributed by atoms with Crippen LogP contribution in [0.5, 0.6) is 5.75 Å². The molecule has 1 amide bonds. The van der Waals surface area contributed by atoms with Crippen molar-refractivity contribution in [2.24, 2.45) is 0 Å². The Morgan fingerprint density at radius 1 is 1.19 bits per heavy atom. The summed E-state index contributed by atoms with van der Waals surface area (Å²) < 4.78 is 7.21. The van der Waals surface area contributed by atoms with Crippen molar-refractivity contribution in [2.75, 3.05) is 7.11 Å². The van der Waals surface area contributed by atoms with Crippen LogP contribution in [0, 0.1) is 0 Å². The van der Waals surface area contributed by atoms with Gasteiger partial charge < -0.3 is 14.6 Å². The number of nitrogens with one attached hydrogen (secondary N) is 1. The van der Waals surface area contributed by atoms with Gasteiger partial charge in [-0.3, -0.25) is 9.59 Å². The molecule has 0 bridgehead atoms. The van der Waals surface area contributed by atoms with Gasteiger partial charge in [0.2, 0.25) is 5.43 Å². The quantitative estimate of drug-likeness (QED) is 0.773. The molecule has 1 aliphatic heterocycles. The maximum absolute atomic E-state index is 12.9. The molecule has 0 saturated heterocycles. The molecule has 5 heteroatoms. The third-order valence-corrected chi connectivity index (χ3v) is 5.23. The summed E-state index contributed by atoms with van der Waals surface area (Å²) in [6.45, 7) is 2.72. The van der Waals surface area contributed by atoms with E-state index in [0.717, 1.165) is 36.2 Å². The molecule has 2 heterocycles. The standard InChI is InChI=1S/C22H22N2O3/c1-14(15-8-10-17(27-2)11-9-15)23-22(26)19-13-24-12-4-6-16-5-3-7-18(20(16)24)21(19)25/h3,5,7-11,13-14H,4,6,12H2,1-2H3,(H,23,26)/t14-/m0/s1. The number of rotatable bonds is 4. The smallest absolute Gasteiger partial charge is 0.257 e. The van der Waals surface area contributed by atoms with Gasteiger partial charge in [0.1, 0.15) is 11.3 Å². The van der Waals surface area contributed by atoms with Gasteiger partial charge in [-0.2, -0.15) is 0 Å². The first-order valence-corrected chi connectivity index (χ1v) is 9.18. The van der Waals surface area contributed by atoms with Crippen LogP contribution in [-0.4, -0.2) is 17.6 Å². The van der Waals surface area contributed by atoms with Crippen molar-refractivity contribution >= 4 is 16.8 Å². The zero-order valence-electron chi connectivity index (χ0n) is 15.5. The van der Waals surface area contributed by atoms with Crippen LogP contribution in [0.3, 0.4) is 0 Å². The van der Waals surface area contributed by atoms with Gasteiger partial charge in [-0.05, 0) is 49.1 Å². The Bertz CT molecular complexity index is 1070. The molecule has 3 aromatic rings. The number of nitrogens with zero attached hydrogens (tertiary/aromatic N) is 1. The molecule has 2 aromatic carbocycles. The third-order valence-electron chi connectivity index (χ3n) is 5.23. The molecule has 1 aromatic heterocycles. The van der Waals surface area contributed by atoms with E-state index in [2.05, 4.69) is 11.4 Å². The number of carbonyl (C=O) groups is 1. The molecular weight excluding hydrogens is 340 g/mol. The van der Waals surface area contributed by atoms with E-state index in [0.29, 0.717) is 5.39 Å². The average Bonchev–Trinajstić information content (AvgIpc) is 2.70. The number of aryl methyl sites for hydroxylation is 2. The minimum Gasteiger partial charge on any atom is -0.497 e. The Kier molecular flexibility index (Phi) is 4.44. The van der Waals surface area contributed by atoms with Gasteiger partial charge in [-0.25, -0.2) is 0 Å². The van der Waals surface area contributed by atoms with Gasteiger partial charge in [0, 0.05) is 18.1 Å². The molecule has 5 nitrogen and oxygen atoms in total. The molecular formula is C22H22N2O3. The number of carbonyl (C=O) groups excluding carboxylic acids is 1. The van der Waals surface area contributed by atoms with Crippen molar-refractivity contribution in [3.8, 4) is 5.75 Å². The Morgan fingerprint density at radius 2 is 1.96 bits per heavy atom. The average molecular weight is 362 g/mol. The number of pyridine rings is 1. The number of methoxy groups -OCH3 is 1. The van der Waals surface area contributed by atoms with Gasteiger partial charge >= 0.3 is 0 Å². The molecule has 1 aliphatic rings. The Labute approximate surface area is 157 Å². The number of benzene rings is 2. The molecule has 4 rings (SSSR count). The van der Waals surface area contributed by atoms with E-state index in [1.807, 2.05) is 47.9 Å². The van der Waals surface area contributed by atoms with Crippen LogP contribution in [0.25, 0.3) is 10.9 Å². The molecule has 1 atom stereocenters. The summed E-state index contributed by atoms with van der Waals surface area (Å²) in [5, 5.41) is 3.57. The Morgan fingerprint density at radius 3 is 2.70 bits per heavy atom. The molecule has 1 N–H and O–H groups in total. The first-order chi connectivity index (χ1) is 13.1. The zero-order chi connectivity index (χ0) is 19.0. The van der Waals surface area contributed by atoms with E-state index in [1.54, 1.807) is 13.3 Å². The fourth-order valence-corrected chi connectivity index (χ4v) is 3.77. The summed E-state index contributed by atoms with van der Waals surface area (Å²) >= 11 is 0. The Balaban J connectivity index is 1.66. The number of hydrogen-bond acceptors (Lipinski definition) is 3. The highest BCUT2D eigenvalue weighted by atomic mass is 16.5. The molecule has 0 aliphatic carbocycles. The minimum absolute atomic E-state index is 0.196. The summed E-state index contributed by atoms with van der Waals surface area (Å²) in [6.07, 6.45) is 3.69. The fourth-order valence-electron chi connectivity index (χ4n) is 3.77. The largest absolute Gasteiger partial charge is 0.497 e. The van der Waals surface area contributed by atoms with Crippen molar-refractivity contribution in [2.45, 2.75) is 32.4 Å². The lowest BCUT2D eigenvalue weighted by molar-refractivity contribution is 0.0938. The van der Waals surface area contributed by atoms with Crippen molar-refractivity contribution < 1.29 is 9.53 Å². The summed E-state index contributed by atoms with van der Waals surface area (Å²) in [6, 6.07) is 13.1. The van der Waals surface area contributed by atoms with Gasteiger partial charge in [0.25, 0.3) is 5.91 Å². The van der Waals surface area contributed by atoms with Crippen LogP contribution < -0.4 is 15.5 Å². The highest BCUT2D eigenvalue weighted by Crippen LogP contribution is 2.24. The van der Waals surface area contributed by atoms with E-state index in [4.69, 9.17) is 4.74 Å². The summed E-state index contributed by atoms with van der Waals surface area (Å²) in [5.41, 5.74) is 3.09. The highest BCUT2D eigenvalue weighted by Gasteiger charge is 2.20. The van der Waals surface area contributed by atoms with Crippen LogP contribution in [0.4, 0.5) is 0 Å². The fraction of sp³-hybridized carbons (Fsp3) is 0.273. The van der Waals surface area contributed by atoms with Gasteiger partial charge in [0.05, 0.1) is 18.7 Å². The lowest BCUT2D eigenvalue weighted by Crippen LogP contribution is -2.32. The highest BCUT2D eigenvalue weighted by molar-refractivity contribution is 5.98. The monoisotopic (exact) mass is 362 g/mol. The molecule has 27 heavy (non-hydrogen) atoms. The lowest BCUT2D eigenvalue weighted by atomic mass is 9.99. The molecule has 0 saturated carbocycles. The molecule has 0 fully saturated rings. The van der Waals surface area contributed by atoms with Crippen molar-refractivity contribution in [3.05, 3.63) is 75.6 Å². The normalized spacial score (nSPS) is 14.0. The van der Waals surface area contributed by atoms with Crippen molar-refractivity contribution in [1.29, 1.82) is 0 Å². The number of hydrogen-bond donors (Lipinski definition) is 1. The van der Waals surface area contributed by atoms with Crippen LogP contribution in [0.15, 0.2) is 53.5 Å². The maximum atomic E-state index is 12.9. The van der Waals surface area contributed by atoms with Gasteiger partial charge in [-0.1, -0.05) is 24.3 Å². The van der Waals surface area contributed by atoms with Crippen LogP contribution in [0.2, 0.25) is 0 Å². The van der Waals surface area contributed by atoms with Gasteiger partial charge in [0.15, 0.2) is 0 Å². The number of para-hydroxylation sites is 1. The van der Waals surface area contributed by atoms with Crippen molar-refractivity contribution in [3.63, 3.8) is 0 Å². The second-order valence-electron chi connectivity index (χ2n) is 6.95. The van der Waals surface area contributed by atoms with Crippen LogP contribution in [-0.2, 0) is 13.0 Å². The molecule has 0 spiro atoms. The maximum Gasteiger partial charge on any atom is 0.257 e. The second-order valence-corrected chi connectivity index (χ2v) is 6.95. The first-order valence-electron chi connectivity index (χ1n) is 9.18. The van der Waals surface area contributed by atoms with Crippen LogP contribution in [0.1, 0.15) is 40.9 Å². The predicted molar refractivity (Wildman–Crippen MR) is 105 cm³/mol. The predicted octanol–water partition coefficient (Wildman–Crippen LogP) is 3.45. The number of aromatic nitrogens is 1. The molecule has 0 unspecified atom stereocenters. The van der Waals surface area contributed by atoms with Gasteiger partial charge in [-0.15, -0.1) is 0 Å². The minimum atomic E-state index is -0.343. The van der Waals surface area contributed by atoms with E-state index in [-0.39, 0.29) is 22.9 Å². The second kappa shape index (κ2) is 6.91. The van der Waals surface area contributed by atoms with E-state index in [9.17, 15) is 9.59 Å². The van der Waals surface area contributed by atoms with E-state index < -0.39 is 0 Å².